The van der Waals surface area contributed by atoms with Gasteiger partial charge in [-0.25, -0.2) is 4.39 Å². The highest BCUT2D eigenvalue weighted by Gasteiger charge is 2.28. The van der Waals surface area contributed by atoms with Crippen LogP contribution in [0.2, 0.25) is 0 Å². The summed E-state index contributed by atoms with van der Waals surface area (Å²) in [6, 6.07) is 11.4. The van der Waals surface area contributed by atoms with Gasteiger partial charge in [-0.05, 0) is 37.1 Å². The first-order valence-corrected chi connectivity index (χ1v) is 8.85. The van der Waals surface area contributed by atoms with Crippen LogP contribution in [0, 0.1) is 5.82 Å². The average Bonchev–Trinajstić information content (AvgIpc) is 3.21. The van der Waals surface area contributed by atoms with Crippen LogP contribution >= 0.6 is 0 Å². The van der Waals surface area contributed by atoms with E-state index in [9.17, 15) is 14.0 Å². The van der Waals surface area contributed by atoms with Gasteiger partial charge in [-0.1, -0.05) is 18.2 Å². The summed E-state index contributed by atoms with van der Waals surface area (Å²) in [7, 11) is 0. The number of carbonyl (C=O) groups excluding carboxylic acids is 2. The van der Waals surface area contributed by atoms with Gasteiger partial charge in [0.2, 0.25) is 0 Å². The maximum atomic E-state index is 14.0. The molecular weight excluding hydrogens is 351 g/mol. The van der Waals surface area contributed by atoms with Gasteiger partial charge in [0, 0.05) is 17.9 Å². The highest BCUT2D eigenvalue weighted by molar-refractivity contribution is 6.00. The van der Waals surface area contributed by atoms with E-state index in [1.165, 1.54) is 11.0 Å². The number of anilines is 2. The Labute approximate surface area is 155 Å². The molecule has 1 N–H and O–H groups in total. The number of ether oxygens (including phenoxy) is 2. The number of nitrogens with one attached hydrogen (secondary N) is 1. The van der Waals surface area contributed by atoms with E-state index >= 15 is 0 Å². The fraction of sp³-hybridized carbons (Fsp3) is 0.300. The Morgan fingerprint density at radius 1 is 1.26 bits per heavy atom. The number of hydrogen-bond donors (Lipinski definition) is 1. The first kappa shape index (κ1) is 17.5. The molecule has 2 aromatic rings. The van der Waals surface area contributed by atoms with Crippen molar-refractivity contribution < 1.29 is 23.5 Å². The molecular formula is C20H19FN2O4. The number of nitrogens with zero attached hydrogens (tertiary/aromatic N) is 1. The minimum atomic E-state index is -0.451. The van der Waals surface area contributed by atoms with Crippen LogP contribution in [-0.4, -0.2) is 31.1 Å². The second kappa shape index (κ2) is 7.36. The molecule has 2 heterocycles. The molecule has 1 saturated heterocycles. The zero-order valence-electron chi connectivity index (χ0n) is 14.6. The molecule has 0 saturated carbocycles. The molecule has 2 aliphatic heterocycles. The summed E-state index contributed by atoms with van der Waals surface area (Å²) in [5.41, 5.74) is 1.44. The molecule has 0 radical (unpaired) electrons. The maximum absolute atomic E-state index is 14.0. The predicted molar refractivity (Wildman–Crippen MR) is 97.1 cm³/mol. The van der Waals surface area contributed by atoms with Crippen molar-refractivity contribution in [1.82, 2.24) is 0 Å². The van der Waals surface area contributed by atoms with Crippen molar-refractivity contribution in [1.29, 1.82) is 0 Å². The smallest absolute Gasteiger partial charge is 0.265 e. The van der Waals surface area contributed by atoms with Crippen molar-refractivity contribution in [2.24, 2.45) is 0 Å². The number of benzene rings is 2. The van der Waals surface area contributed by atoms with Crippen LogP contribution in [-0.2, 0) is 20.9 Å². The van der Waals surface area contributed by atoms with Crippen LogP contribution in [0.3, 0.4) is 0 Å². The first-order valence-electron chi connectivity index (χ1n) is 8.85. The summed E-state index contributed by atoms with van der Waals surface area (Å²) >= 11 is 0. The largest absolute Gasteiger partial charge is 0.482 e. The molecule has 0 aromatic heterocycles. The molecule has 4 rings (SSSR count). The average molecular weight is 370 g/mol. The molecule has 2 aliphatic rings. The van der Waals surface area contributed by atoms with Gasteiger partial charge in [-0.3, -0.25) is 9.59 Å². The second-order valence-corrected chi connectivity index (χ2v) is 6.53. The van der Waals surface area contributed by atoms with Crippen LogP contribution in [0.5, 0.6) is 5.75 Å². The number of carbonyl (C=O) groups is 2. The predicted octanol–water partition coefficient (Wildman–Crippen LogP) is 2.87. The van der Waals surface area contributed by atoms with Gasteiger partial charge in [0.15, 0.2) is 6.61 Å². The number of halogens is 1. The van der Waals surface area contributed by atoms with E-state index in [2.05, 4.69) is 5.32 Å². The van der Waals surface area contributed by atoms with Gasteiger partial charge >= 0.3 is 0 Å². The molecule has 1 unspecified atom stereocenters. The summed E-state index contributed by atoms with van der Waals surface area (Å²) in [5, 5.41) is 2.81. The molecule has 27 heavy (non-hydrogen) atoms. The lowest BCUT2D eigenvalue weighted by Crippen LogP contribution is -2.38. The molecule has 2 aromatic carbocycles. The normalized spacial score (nSPS) is 18.8. The monoisotopic (exact) mass is 370 g/mol. The SMILES string of the molecule is O=C(Nc1ccc2c(c1)N(Cc1ccccc1F)C(=O)CO2)C1CCCO1. The fourth-order valence-electron chi connectivity index (χ4n) is 3.26. The number of fused-ring (bicyclic) bond motifs is 1. The highest BCUT2D eigenvalue weighted by atomic mass is 19.1. The Bertz CT molecular complexity index is 880. The standard InChI is InChI=1S/C20H19FN2O4/c21-15-5-2-1-4-13(15)11-23-16-10-14(7-8-17(16)27-12-19(23)24)22-20(25)18-6-3-9-26-18/h1-2,4-5,7-8,10,18H,3,6,9,11-12H2,(H,22,25). The Balaban J connectivity index is 1.59. The molecule has 1 fully saturated rings. The molecule has 1 atom stereocenters. The maximum Gasteiger partial charge on any atom is 0.265 e. The molecule has 0 aliphatic carbocycles. The van der Waals surface area contributed by atoms with Gasteiger partial charge in [0.05, 0.1) is 12.2 Å². The summed E-state index contributed by atoms with van der Waals surface area (Å²) in [6.45, 7) is 0.565. The highest BCUT2D eigenvalue weighted by Crippen LogP contribution is 2.36. The summed E-state index contributed by atoms with van der Waals surface area (Å²) in [6.07, 6.45) is 1.10. The van der Waals surface area contributed by atoms with E-state index in [1.54, 1.807) is 36.4 Å². The van der Waals surface area contributed by atoms with Gasteiger partial charge in [0.25, 0.3) is 11.8 Å². The van der Waals surface area contributed by atoms with Crippen molar-refractivity contribution in [3.05, 3.63) is 53.8 Å². The molecule has 0 spiro atoms. The van der Waals surface area contributed by atoms with E-state index in [4.69, 9.17) is 9.47 Å². The van der Waals surface area contributed by atoms with E-state index < -0.39 is 6.10 Å². The fourth-order valence-corrected chi connectivity index (χ4v) is 3.26. The minimum absolute atomic E-state index is 0.0883. The van der Waals surface area contributed by atoms with E-state index in [0.717, 1.165) is 6.42 Å². The van der Waals surface area contributed by atoms with Gasteiger partial charge in [-0.15, -0.1) is 0 Å². The van der Waals surface area contributed by atoms with Gasteiger partial charge in [-0.2, -0.15) is 0 Å². The van der Waals surface area contributed by atoms with Crippen molar-refractivity contribution in [2.45, 2.75) is 25.5 Å². The van der Waals surface area contributed by atoms with Crippen LogP contribution in [0.1, 0.15) is 18.4 Å². The Morgan fingerprint density at radius 3 is 2.89 bits per heavy atom. The summed E-state index contributed by atoms with van der Waals surface area (Å²) in [4.78, 5) is 26.1. The third-order valence-electron chi connectivity index (χ3n) is 4.68. The first-order chi connectivity index (χ1) is 13.1. The Hall–Kier alpha value is -2.93. The van der Waals surface area contributed by atoms with Crippen LogP contribution in [0.25, 0.3) is 0 Å². The zero-order chi connectivity index (χ0) is 18.8. The molecule has 140 valence electrons. The quantitative estimate of drug-likeness (QED) is 0.899. The van der Waals surface area contributed by atoms with Crippen LogP contribution in [0.4, 0.5) is 15.8 Å². The van der Waals surface area contributed by atoms with Gasteiger partial charge < -0.3 is 19.7 Å². The van der Waals surface area contributed by atoms with E-state index in [0.29, 0.717) is 35.7 Å². The molecule has 6 nitrogen and oxygen atoms in total. The lowest BCUT2D eigenvalue weighted by Gasteiger charge is -2.30. The second-order valence-electron chi connectivity index (χ2n) is 6.53. The summed E-state index contributed by atoms with van der Waals surface area (Å²) in [5.74, 6) is -0.341. The Morgan fingerprint density at radius 2 is 2.11 bits per heavy atom. The number of amides is 2. The molecule has 0 bridgehead atoms. The van der Waals surface area contributed by atoms with Gasteiger partial charge in [0.1, 0.15) is 17.7 Å². The lowest BCUT2D eigenvalue weighted by atomic mass is 10.1. The summed E-state index contributed by atoms with van der Waals surface area (Å²) < 4.78 is 24.9. The van der Waals surface area contributed by atoms with Crippen molar-refractivity contribution in [3.63, 3.8) is 0 Å². The topological polar surface area (TPSA) is 67.9 Å². The van der Waals surface area contributed by atoms with Crippen molar-refractivity contribution >= 4 is 23.2 Å². The van der Waals surface area contributed by atoms with E-state index in [-0.39, 0.29) is 30.8 Å². The molecule has 7 heteroatoms. The van der Waals surface area contributed by atoms with Crippen molar-refractivity contribution in [2.75, 3.05) is 23.4 Å². The molecule has 2 amide bonds. The minimum Gasteiger partial charge on any atom is -0.482 e. The number of hydrogen-bond acceptors (Lipinski definition) is 4. The third kappa shape index (κ3) is 3.64. The third-order valence-corrected chi connectivity index (χ3v) is 4.68. The lowest BCUT2D eigenvalue weighted by molar-refractivity contribution is -0.124. The van der Waals surface area contributed by atoms with Crippen LogP contribution < -0.4 is 15.0 Å². The van der Waals surface area contributed by atoms with E-state index in [1.807, 2.05) is 0 Å². The number of rotatable bonds is 4. The van der Waals surface area contributed by atoms with Crippen molar-refractivity contribution in [3.8, 4) is 5.75 Å². The van der Waals surface area contributed by atoms with Crippen LogP contribution in [0.15, 0.2) is 42.5 Å². The Kier molecular flexibility index (Phi) is 4.77. The zero-order valence-corrected chi connectivity index (χ0v) is 14.6.